The van der Waals surface area contributed by atoms with Crippen LogP contribution < -0.4 is 16.0 Å². The Labute approximate surface area is 210 Å². The van der Waals surface area contributed by atoms with Gasteiger partial charge in [-0.3, -0.25) is 9.59 Å². The molecule has 0 aromatic heterocycles. The highest BCUT2D eigenvalue weighted by Crippen LogP contribution is 2.16. The standard InChI is InChI=1S/C16H27N3O2.C11H8O.C2H6/c1-4-18-13-7-5-8-15(17-2)14(10-9-13)16(20)19-11-6-12-21-3;12-8-10-6-3-5-9-4-1-2-7-11(9)10;1-2/h5,7-8,10,15,17-18H,4,6,9,11-12H2,1-3H3,(H,19,20);1-8H;1-2H3/b8-5?,13-7+,14-10+;;. The first kappa shape index (κ1) is 29.8. The van der Waals surface area contributed by atoms with Crippen molar-refractivity contribution in [1.29, 1.82) is 0 Å². The summed E-state index contributed by atoms with van der Waals surface area (Å²) in [4.78, 5) is 22.9. The van der Waals surface area contributed by atoms with Crippen LogP contribution in [0.25, 0.3) is 10.8 Å². The van der Waals surface area contributed by atoms with E-state index in [1.807, 2.05) is 81.6 Å². The van der Waals surface area contributed by atoms with Crippen LogP contribution >= 0.6 is 0 Å². The zero-order valence-corrected chi connectivity index (χ0v) is 21.8. The molecule has 3 N–H and O–H groups in total. The first-order valence-electron chi connectivity index (χ1n) is 12.3. The number of nitrogens with one attached hydrogen (secondary N) is 3. The van der Waals surface area contributed by atoms with Gasteiger partial charge >= 0.3 is 0 Å². The van der Waals surface area contributed by atoms with Crippen molar-refractivity contribution < 1.29 is 14.3 Å². The molecule has 3 rings (SSSR count). The second-order valence-corrected chi connectivity index (χ2v) is 7.53. The van der Waals surface area contributed by atoms with Crippen LogP contribution in [0.3, 0.4) is 0 Å². The molecule has 1 aliphatic carbocycles. The lowest BCUT2D eigenvalue weighted by molar-refractivity contribution is -0.117. The Hall–Kier alpha value is -3.22. The Bertz CT molecular complexity index is 990. The molecule has 0 fully saturated rings. The SMILES string of the molecule is CC.CCN/C1=C/C=CC(NC)/C(C(=O)NCCCOC)=C\C1.O=Cc1cccc2ccccc12. The molecule has 1 atom stereocenters. The third-order valence-electron chi connectivity index (χ3n) is 5.22. The van der Waals surface area contributed by atoms with Crippen LogP contribution in [0.15, 0.2) is 78.0 Å². The van der Waals surface area contributed by atoms with Crippen molar-refractivity contribution in [2.45, 2.75) is 39.7 Å². The van der Waals surface area contributed by atoms with E-state index in [0.717, 1.165) is 53.3 Å². The largest absolute Gasteiger partial charge is 0.388 e. The van der Waals surface area contributed by atoms with Gasteiger partial charge in [0.2, 0.25) is 5.91 Å². The molecule has 1 unspecified atom stereocenters. The Balaban J connectivity index is 0.000000367. The van der Waals surface area contributed by atoms with Crippen molar-refractivity contribution in [3.63, 3.8) is 0 Å². The van der Waals surface area contributed by atoms with Crippen molar-refractivity contribution >= 4 is 23.0 Å². The summed E-state index contributed by atoms with van der Waals surface area (Å²) in [6.45, 7) is 8.22. The molecular weight excluding hydrogens is 438 g/mol. The molecule has 0 bridgehead atoms. The number of aldehydes is 1. The number of likely N-dealkylation sites (N-methyl/N-ethyl adjacent to an activating group) is 1. The van der Waals surface area contributed by atoms with Gasteiger partial charge in [-0.15, -0.1) is 0 Å². The normalized spacial score (nSPS) is 17.6. The summed E-state index contributed by atoms with van der Waals surface area (Å²) in [6, 6.07) is 13.5. The number of methoxy groups -OCH3 is 1. The Morgan fingerprint density at radius 3 is 2.57 bits per heavy atom. The maximum Gasteiger partial charge on any atom is 0.248 e. The van der Waals surface area contributed by atoms with E-state index >= 15 is 0 Å². The first-order valence-corrected chi connectivity index (χ1v) is 12.3. The minimum absolute atomic E-state index is 0.0205. The highest BCUT2D eigenvalue weighted by Gasteiger charge is 2.17. The zero-order chi connectivity index (χ0) is 25.9. The van der Waals surface area contributed by atoms with Crippen LogP contribution in [-0.4, -0.2) is 52.1 Å². The number of fused-ring (bicyclic) bond motifs is 1. The van der Waals surface area contributed by atoms with Crippen LogP contribution in [0.4, 0.5) is 0 Å². The minimum atomic E-state index is -0.0631. The summed E-state index contributed by atoms with van der Waals surface area (Å²) in [5.41, 5.74) is 2.63. The fourth-order valence-corrected chi connectivity index (χ4v) is 3.52. The van der Waals surface area contributed by atoms with E-state index < -0.39 is 0 Å². The van der Waals surface area contributed by atoms with Gasteiger partial charge in [-0.1, -0.05) is 74.5 Å². The summed E-state index contributed by atoms with van der Waals surface area (Å²) >= 11 is 0. The van der Waals surface area contributed by atoms with Gasteiger partial charge in [0.15, 0.2) is 6.29 Å². The second-order valence-electron chi connectivity index (χ2n) is 7.53. The van der Waals surface area contributed by atoms with Crippen LogP contribution in [0.2, 0.25) is 0 Å². The Morgan fingerprint density at radius 1 is 1.14 bits per heavy atom. The maximum atomic E-state index is 12.3. The molecule has 1 aliphatic rings. The van der Waals surface area contributed by atoms with Crippen molar-refractivity contribution in [2.75, 3.05) is 33.9 Å². The number of carbonyl (C=O) groups is 2. The quantitative estimate of drug-likeness (QED) is 0.356. The van der Waals surface area contributed by atoms with Crippen LogP contribution in [0.1, 0.15) is 44.0 Å². The van der Waals surface area contributed by atoms with Crippen molar-refractivity contribution in [2.24, 2.45) is 0 Å². The number of hydrogen-bond donors (Lipinski definition) is 3. The van der Waals surface area contributed by atoms with E-state index in [-0.39, 0.29) is 11.9 Å². The number of allylic oxidation sites excluding steroid dienone is 3. The van der Waals surface area contributed by atoms with Crippen LogP contribution in [0, 0.1) is 0 Å². The molecule has 2 aromatic carbocycles. The summed E-state index contributed by atoms with van der Waals surface area (Å²) < 4.78 is 4.98. The molecule has 0 heterocycles. The zero-order valence-electron chi connectivity index (χ0n) is 21.8. The number of ether oxygens (including phenoxy) is 1. The van der Waals surface area contributed by atoms with E-state index in [1.54, 1.807) is 7.11 Å². The molecule has 0 saturated carbocycles. The number of benzene rings is 2. The fraction of sp³-hybridized carbons (Fsp3) is 0.379. The van der Waals surface area contributed by atoms with E-state index in [1.165, 1.54) is 0 Å². The van der Waals surface area contributed by atoms with E-state index in [2.05, 4.69) is 29.0 Å². The molecule has 0 aliphatic heterocycles. The number of amides is 1. The van der Waals surface area contributed by atoms with Crippen molar-refractivity contribution in [1.82, 2.24) is 16.0 Å². The summed E-state index contributed by atoms with van der Waals surface area (Å²) in [7, 11) is 3.52. The van der Waals surface area contributed by atoms with Gasteiger partial charge in [-0.05, 0) is 37.2 Å². The summed E-state index contributed by atoms with van der Waals surface area (Å²) in [5.74, 6) is -0.0205. The maximum absolute atomic E-state index is 12.3. The lowest BCUT2D eigenvalue weighted by Gasteiger charge is -2.18. The van der Waals surface area contributed by atoms with Crippen LogP contribution in [-0.2, 0) is 9.53 Å². The molecular formula is C29H41N3O3. The van der Waals surface area contributed by atoms with Gasteiger partial charge in [-0.2, -0.15) is 0 Å². The van der Waals surface area contributed by atoms with Crippen LogP contribution in [0.5, 0.6) is 0 Å². The van der Waals surface area contributed by atoms with Gasteiger partial charge in [0.1, 0.15) is 0 Å². The minimum Gasteiger partial charge on any atom is -0.388 e. The Kier molecular flexibility index (Phi) is 15.5. The van der Waals surface area contributed by atoms with E-state index in [0.29, 0.717) is 13.2 Å². The van der Waals surface area contributed by atoms with Gasteiger partial charge in [-0.25, -0.2) is 0 Å². The highest BCUT2D eigenvalue weighted by atomic mass is 16.5. The number of hydrogen-bond acceptors (Lipinski definition) is 5. The second kappa shape index (κ2) is 18.2. The lowest BCUT2D eigenvalue weighted by Crippen LogP contribution is -2.36. The van der Waals surface area contributed by atoms with Gasteiger partial charge in [0, 0.05) is 50.1 Å². The van der Waals surface area contributed by atoms with E-state index in [9.17, 15) is 9.59 Å². The smallest absolute Gasteiger partial charge is 0.248 e. The topological polar surface area (TPSA) is 79.5 Å². The third-order valence-corrected chi connectivity index (χ3v) is 5.22. The molecule has 6 nitrogen and oxygen atoms in total. The molecule has 0 saturated heterocycles. The lowest BCUT2D eigenvalue weighted by atomic mass is 10.0. The highest BCUT2D eigenvalue weighted by molar-refractivity contribution is 5.98. The number of rotatable bonds is 9. The average Bonchev–Trinajstić information content (AvgIpc) is 2.89. The van der Waals surface area contributed by atoms with E-state index in [4.69, 9.17) is 4.74 Å². The molecule has 0 radical (unpaired) electrons. The fourth-order valence-electron chi connectivity index (χ4n) is 3.52. The average molecular weight is 480 g/mol. The first-order chi connectivity index (χ1) is 17.1. The van der Waals surface area contributed by atoms with Gasteiger partial charge < -0.3 is 20.7 Å². The summed E-state index contributed by atoms with van der Waals surface area (Å²) in [6.07, 6.45) is 10.5. The van der Waals surface area contributed by atoms with Gasteiger partial charge in [0.05, 0.1) is 6.04 Å². The predicted octanol–water partition coefficient (Wildman–Crippen LogP) is 4.79. The third kappa shape index (κ3) is 10.3. The molecule has 6 heteroatoms. The molecule has 35 heavy (non-hydrogen) atoms. The Morgan fingerprint density at radius 2 is 1.89 bits per heavy atom. The monoisotopic (exact) mass is 479 g/mol. The predicted molar refractivity (Wildman–Crippen MR) is 147 cm³/mol. The molecule has 0 spiro atoms. The van der Waals surface area contributed by atoms with Gasteiger partial charge in [0.25, 0.3) is 0 Å². The van der Waals surface area contributed by atoms with Crippen molar-refractivity contribution in [3.8, 4) is 0 Å². The number of carbonyl (C=O) groups excluding carboxylic acids is 2. The molecule has 2 aromatic rings. The summed E-state index contributed by atoms with van der Waals surface area (Å²) in [5, 5.41) is 11.5. The molecule has 1 amide bonds. The molecule has 190 valence electrons. The van der Waals surface area contributed by atoms with Crippen molar-refractivity contribution in [3.05, 3.63) is 83.6 Å².